The minimum Gasteiger partial charge on any atom is -0.497 e. The van der Waals surface area contributed by atoms with Crippen LogP contribution < -0.4 is 21.1 Å². The molecule has 7 heteroatoms. The Morgan fingerprint density at radius 2 is 1.51 bits per heavy atom. The summed E-state index contributed by atoms with van der Waals surface area (Å²) in [5.74, 6) is 0.410. The number of ether oxygens (including phenoxy) is 1. The fourth-order valence-electron chi connectivity index (χ4n) is 4.41. The average molecular weight is 499 g/mol. The van der Waals surface area contributed by atoms with Gasteiger partial charge in [0.2, 0.25) is 0 Å². The summed E-state index contributed by atoms with van der Waals surface area (Å²) in [6.07, 6.45) is 9.84. The van der Waals surface area contributed by atoms with Crippen molar-refractivity contribution in [2.24, 2.45) is 4.99 Å². The Kier molecular flexibility index (Phi) is 8.92. The molecule has 7 nitrogen and oxygen atoms in total. The van der Waals surface area contributed by atoms with Gasteiger partial charge in [-0.25, -0.2) is 0 Å². The fourth-order valence-corrected chi connectivity index (χ4v) is 4.41. The Morgan fingerprint density at radius 1 is 0.865 bits per heavy atom. The van der Waals surface area contributed by atoms with Crippen molar-refractivity contribution in [3.8, 4) is 5.75 Å². The number of rotatable bonds is 7. The summed E-state index contributed by atoms with van der Waals surface area (Å²) in [5, 5.41) is 6.07. The molecule has 192 valence electrons. The van der Waals surface area contributed by atoms with E-state index in [0.29, 0.717) is 33.9 Å². The predicted molar refractivity (Wildman–Crippen MR) is 149 cm³/mol. The van der Waals surface area contributed by atoms with Gasteiger partial charge in [-0.3, -0.25) is 14.6 Å². The van der Waals surface area contributed by atoms with Gasteiger partial charge in [0.05, 0.1) is 18.5 Å². The number of aliphatic imine (C=N–C) groups is 1. The molecule has 0 bridgehead atoms. The lowest BCUT2D eigenvalue weighted by Crippen LogP contribution is -2.35. The second kappa shape index (κ2) is 12.7. The molecule has 4 rings (SSSR count). The monoisotopic (exact) mass is 498 g/mol. The first kappa shape index (κ1) is 25.9. The number of amides is 2. The van der Waals surface area contributed by atoms with E-state index >= 15 is 0 Å². The third-order valence-corrected chi connectivity index (χ3v) is 6.61. The molecule has 3 aromatic carbocycles. The molecule has 0 saturated heterocycles. The SMILES string of the molecule is COc1ccc(C(=O)Nc2ccc(C=Nc3cc(C(=O)NC4CCCCCCC4)ccc3N)cc2)cc1. The number of carbonyl (C=O) groups is 2. The number of hydrogen-bond donors (Lipinski definition) is 3. The zero-order valence-electron chi connectivity index (χ0n) is 21.2. The molecule has 0 heterocycles. The first-order valence-corrected chi connectivity index (χ1v) is 12.8. The number of hydrogen-bond acceptors (Lipinski definition) is 5. The maximum Gasteiger partial charge on any atom is 0.255 e. The van der Waals surface area contributed by atoms with E-state index in [4.69, 9.17) is 10.5 Å². The normalized spacial score (nSPS) is 14.5. The van der Waals surface area contributed by atoms with Crippen LogP contribution in [0.1, 0.15) is 71.2 Å². The highest BCUT2D eigenvalue weighted by molar-refractivity contribution is 6.04. The molecule has 0 aliphatic heterocycles. The highest BCUT2D eigenvalue weighted by atomic mass is 16.5. The molecular weight excluding hydrogens is 464 g/mol. The van der Waals surface area contributed by atoms with Crippen LogP contribution in [0.4, 0.5) is 17.1 Å². The van der Waals surface area contributed by atoms with Crippen LogP contribution in [0.3, 0.4) is 0 Å². The number of carbonyl (C=O) groups excluding carboxylic acids is 2. The second-order valence-corrected chi connectivity index (χ2v) is 9.35. The lowest BCUT2D eigenvalue weighted by molar-refractivity contribution is 0.0929. The lowest BCUT2D eigenvalue weighted by atomic mass is 9.96. The van der Waals surface area contributed by atoms with Gasteiger partial charge in [-0.15, -0.1) is 0 Å². The Hall–Kier alpha value is -4.13. The topological polar surface area (TPSA) is 106 Å². The van der Waals surface area contributed by atoms with Crippen LogP contribution in [0.25, 0.3) is 0 Å². The molecule has 1 saturated carbocycles. The van der Waals surface area contributed by atoms with E-state index in [9.17, 15) is 9.59 Å². The Balaban J connectivity index is 1.37. The second-order valence-electron chi connectivity index (χ2n) is 9.35. The van der Waals surface area contributed by atoms with Crippen LogP contribution in [-0.4, -0.2) is 31.2 Å². The molecule has 4 N–H and O–H groups in total. The molecule has 0 aromatic heterocycles. The van der Waals surface area contributed by atoms with Crippen molar-refractivity contribution >= 4 is 35.1 Å². The number of benzene rings is 3. The van der Waals surface area contributed by atoms with Gasteiger partial charge in [-0.05, 0) is 73.0 Å². The van der Waals surface area contributed by atoms with Crippen molar-refractivity contribution in [1.29, 1.82) is 0 Å². The van der Waals surface area contributed by atoms with Crippen LogP contribution in [-0.2, 0) is 0 Å². The van der Waals surface area contributed by atoms with E-state index in [2.05, 4.69) is 15.6 Å². The third kappa shape index (κ3) is 7.43. The molecule has 1 aliphatic carbocycles. The van der Waals surface area contributed by atoms with Crippen molar-refractivity contribution in [3.63, 3.8) is 0 Å². The first-order chi connectivity index (χ1) is 18.0. The van der Waals surface area contributed by atoms with Crippen molar-refractivity contribution in [2.75, 3.05) is 18.2 Å². The van der Waals surface area contributed by atoms with Gasteiger partial charge < -0.3 is 21.1 Å². The van der Waals surface area contributed by atoms with Gasteiger partial charge in [0.25, 0.3) is 11.8 Å². The van der Waals surface area contributed by atoms with Gasteiger partial charge >= 0.3 is 0 Å². The number of nitrogens with two attached hydrogens (primary N) is 1. The van der Waals surface area contributed by atoms with E-state index in [1.165, 1.54) is 19.3 Å². The molecule has 1 aliphatic rings. The first-order valence-electron chi connectivity index (χ1n) is 12.8. The van der Waals surface area contributed by atoms with Crippen molar-refractivity contribution in [2.45, 2.75) is 51.0 Å². The van der Waals surface area contributed by atoms with Crippen LogP contribution in [0.2, 0.25) is 0 Å². The maximum absolute atomic E-state index is 12.9. The number of nitrogens with one attached hydrogen (secondary N) is 2. The average Bonchev–Trinajstić information content (AvgIpc) is 2.90. The molecule has 37 heavy (non-hydrogen) atoms. The van der Waals surface area contributed by atoms with Crippen LogP contribution >= 0.6 is 0 Å². The number of methoxy groups -OCH3 is 1. The largest absolute Gasteiger partial charge is 0.497 e. The van der Waals surface area contributed by atoms with E-state index in [1.54, 1.807) is 55.8 Å². The standard InChI is InChI=1S/C30H34N4O3/c1-37-26-16-11-22(12-17-26)29(35)34-25-14-9-21(10-15-25)20-32-28-19-23(13-18-27(28)31)30(36)33-24-7-5-3-2-4-6-8-24/h9-20,24H,2-8,31H2,1H3,(H,33,36)(H,34,35). The highest BCUT2D eigenvalue weighted by Gasteiger charge is 2.16. The Bertz CT molecular complexity index is 1230. The molecule has 0 radical (unpaired) electrons. The minimum atomic E-state index is -0.202. The van der Waals surface area contributed by atoms with Crippen molar-refractivity contribution in [1.82, 2.24) is 5.32 Å². The van der Waals surface area contributed by atoms with Gasteiger partial charge in [0.15, 0.2) is 0 Å². The zero-order valence-corrected chi connectivity index (χ0v) is 21.2. The summed E-state index contributed by atoms with van der Waals surface area (Å²) in [6, 6.07) is 19.7. The van der Waals surface area contributed by atoms with E-state index in [-0.39, 0.29) is 17.9 Å². The van der Waals surface area contributed by atoms with E-state index < -0.39 is 0 Å². The molecular formula is C30H34N4O3. The van der Waals surface area contributed by atoms with Gasteiger partial charge in [-0.2, -0.15) is 0 Å². The number of nitrogens with zero attached hydrogens (tertiary/aromatic N) is 1. The summed E-state index contributed by atoms with van der Waals surface area (Å²) >= 11 is 0. The quantitative estimate of drug-likeness (QED) is 0.269. The number of anilines is 2. The highest BCUT2D eigenvalue weighted by Crippen LogP contribution is 2.24. The summed E-state index contributed by atoms with van der Waals surface area (Å²) in [5.41, 5.74) is 9.78. The minimum absolute atomic E-state index is 0.0843. The van der Waals surface area contributed by atoms with Gasteiger partial charge in [0, 0.05) is 29.1 Å². The predicted octanol–water partition coefficient (Wildman–Crippen LogP) is 6.12. The maximum atomic E-state index is 12.9. The Labute approximate surface area is 218 Å². The molecule has 0 atom stereocenters. The summed E-state index contributed by atoms with van der Waals surface area (Å²) in [6.45, 7) is 0. The summed E-state index contributed by atoms with van der Waals surface area (Å²) < 4.78 is 5.13. The zero-order chi connectivity index (χ0) is 26.0. The van der Waals surface area contributed by atoms with Gasteiger partial charge in [-0.1, -0.05) is 44.2 Å². The van der Waals surface area contributed by atoms with Crippen LogP contribution in [0.15, 0.2) is 71.7 Å². The smallest absolute Gasteiger partial charge is 0.255 e. The molecule has 1 fully saturated rings. The number of nitrogen functional groups attached to an aromatic ring is 1. The lowest BCUT2D eigenvalue weighted by Gasteiger charge is -2.21. The van der Waals surface area contributed by atoms with Crippen molar-refractivity contribution < 1.29 is 14.3 Å². The molecule has 3 aromatic rings. The van der Waals surface area contributed by atoms with Crippen molar-refractivity contribution in [3.05, 3.63) is 83.4 Å². The molecule has 0 unspecified atom stereocenters. The fraction of sp³-hybridized carbons (Fsp3) is 0.300. The summed E-state index contributed by atoms with van der Waals surface area (Å²) in [7, 11) is 1.59. The van der Waals surface area contributed by atoms with Crippen LogP contribution in [0, 0.1) is 0 Å². The molecule has 2 amide bonds. The summed E-state index contributed by atoms with van der Waals surface area (Å²) in [4.78, 5) is 29.8. The van der Waals surface area contributed by atoms with E-state index in [1.807, 2.05) is 24.3 Å². The molecule has 0 spiro atoms. The third-order valence-electron chi connectivity index (χ3n) is 6.61. The van der Waals surface area contributed by atoms with Gasteiger partial charge in [0.1, 0.15) is 5.75 Å². The van der Waals surface area contributed by atoms with E-state index in [0.717, 1.165) is 31.2 Å². The Morgan fingerprint density at radius 3 is 2.19 bits per heavy atom. The van der Waals surface area contributed by atoms with Crippen LogP contribution in [0.5, 0.6) is 5.75 Å².